The minimum atomic E-state index is -0.718. The Kier molecular flexibility index (Phi) is 5.59. The van der Waals surface area contributed by atoms with Crippen LogP contribution in [0.1, 0.15) is 34.6 Å². The van der Waals surface area contributed by atoms with E-state index in [0.29, 0.717) is 6.61 Å². The van der Waals surface area contributed by atoms with Gasteiger partial charge in [0.1, 0.15) is 12.4 Å². The van der Waals surface area contributed by atoms with Gasteiger partial charge in [0.2, 0.25) is 0 Å². The van der Waals surface area contributed by atoms with Crippen molar-refractivity contribution < 1.29 is 9.84 Å². The molecule has 1 unspecified atom stereocenters. The largest absolute Gasteiger partial charge is 0.491 e. The maximum absolute atomic E-state index is 10.9. The number of aryl methyl sites for hydroxylation is 2. The molecule has 1 aliphatic rings. The van der Waals surface area contributed by atoms with Crippen molar-refractivity contribution in [1.82, 2.24) is 4.90 Å². The summed E-state index contributed by atoms with van der Waals surface area (Å²) in [5.41, 5.74) is 0.716. The first-order valence-electron chi connectivity index (χ1n) is 8.73. The van der Waals surface area contributed by atoms with Crippen molar-refractivity contribution in [3.8, 4) is 5.75 Å². The number of benzene rings is 1. The van der Waals surface area contributed by atoms with Crippen LogP contribution in [0, 0.1) is 13.8 Å². The van der Waals surface area contributed by atoms with Crippen LogP contribution in [0.15, 0.2) is 36.4 Å². The van der Waals surface area contributed by atoms with Crippen LogP contribution in [0.2, 0.25) is 0 Å². The van der Waals surface area contributed by atoms with Crippen LogP contribution >= 0.6 is 11.3 Å². The molecule has 3 rings (SSSR count). The minimum absolute atomic E-state index is 0.376. The second-order valence-corrected chi connectivity index (χ2v) is 8.35. The molecule has 1 aliphatic heterocycles. The fourth-order valence-electron chi connectivity index (χ4n) is 3.35. The number of ether oxygens (including phenoxy) is 1. The van der Waals surface area contributed by atoms with Crippen LogP contribution in [0.25, 0.3) is 0 Å². The maximum atomic E-state index is 10.9. The molecule has 2 aromatic rings. The van der Waals surface area contributed by atoms with Crippen molar-refractivity contribution in [3.05, 3.63) is 51.7 Å². The number of hydrogen-bond donors (Lipinski definition) is 1. The average Bonchev–Trinajstić information content (AvgIpc) is 2.77. The molecule has 2 heterocycles. The van der Waals surface area contributed by atoms with Gasteiger partial charge in [-0.05, 0) is 63.4 Å². The van der Waals surface area contributed by atoms with Crippen LogP contribution in [0.3, 0.4) is 0 Å². The molecule has 0 bridgehead atoms. The van der Waals surface area contributed by atoms with Crippen LogP contribution in [0.4, 0.5) is 0 Å². The molecule has 1 fully saturated rings. The Morgan fingerprint density at radius 2 is 1.96 bits per heavy atom. The van der Waals surface area contributed by atoms with Gasteiger partial charge in [0, 0.05) is 22.8 Å². The Balaban J connectivity index is 1.55. The van der Waals surface area contributed by atoms with Crippen LogP contribution in [-0.4, -0.2) is 35.3 Å². The highest BCUT2D eigenvalue weighted by molar-refractivity contribution is 7.12. The number of nitrogens with zero attached hydrogens (tertiary/aromatic N) is 1. The zero-order chi connectivity index (χ0) is 17.0. The summed E-state index contributed by atoms with van der Waals surface area (Å²) < 4.78 is 5.81. The molecule has 130 valence electrons. The summed E-state index contributed by atoms with van der Waals surface area (Å²) in [6, 6.07) is 12.1. The molecule has 4 heteroatoms. The SMILES string of the molecule is Cc1cc(CN2CCCC(O)(COc3ccccc3)CC2)c(C)s1. The van der Waals surface area contributed by atoms with E-state index in [-0.39, 0.29) is 0 Å². The van der Waals surface area contributed by atoms with E-state index in [9.17, 15) is 5.11 Å². The second-order valence-electron chi connectivity index (χ2n) is 6.89. The van der Waals surface area contributed by atoms with Crippen molar-refractivity contribution in [3.63, 3.8) is 0 Å². The summed E-state index contributed by atoms with van der Waals surface area (Å²) in [5.74, 6) is 0.830. The molecule has 24 heavy (non-hydrogen) atoms. The van der Waals surface area contributed by atoms with E-state index in [2.05, 4.69) is 24.8 Å². The fourth-order valence-corrected chi connectivity index (χ4v) is 4.29. The topological polar surface area (TPSA) is 32.7 Å². The molecule has 0 aliphatic carbocycles. The summed E-state index contributed by atoms with van der Waals surface area (Å²) in [6.45, 7) is 7.70. The summed E-state index contributed by atoms with van der Waals surface area (Å²) in [5, 5.41) is 10.9. The predicted octanol–water partition coefficient (Wildman–Crippen LogP) is 4.16. The molecule has 1 aromatic heterocycles. The van der Waals surface area contributed by atoms with E-state index >= 15 is 0 Å². The molecule has 1 saturated heterocycles. The first-order chi connectivity index (χ1) is 11.5. The van der Waals surface area contributed by atoms with Crippen molar-refractivity contribution in [2.24, 2.45) is 0 Å². The molecule has 0 saturated carbocycles. The molecule has 1 aromatic carbocycles. The maximum Gasteiger partial charge on any atom is 0.119 e. The number of para-hydroxylation sites is 1. The smallest absolute Gasteiger partial charge is 0.119 e. The normalized spacial score (nSPS) is 22.3. The van der Waals surface area contributed by atoms with Crippen molar-refractivity contribution >= 4 is 11.3 Å². The molecule has 0 spiro atoms. The van der Waals surface area contributed by atoms with E-state index in [1.54, 1.807) is 0 Å². The van der Waals surface area contributed by atoms with E-state index in [1.807, 2.05) is 41.7 Å². The van der Waals surface area contributed by atoms with Crippen LogP contribution in [0.5, 0.6) is 5.75 Å². The summed E-state index contributed by atoms with van der Waals surface area (Å²) in [7, 11) is 0. The lowest BCUT2D eigenvalue weighted by Gasteiger charge is -2.27. The van der Waals surface area contributed by atoms with Gasteiger partial charge in [0.15, 0.2) is 0 Å². The van der Waals surface area contributed by atoms with Gasteiger partial charge < -0.3 is 9.84 Å². The zero-order valence-corrected chi connectivity index (χ0v) is 15.4. The molecule has 3 nitrogen and oxygen atoms in total. The first kappa shape index (κ1) is 17.5. The summed E-state index contributed by atoms with van der Waals surface area (Å²) >= 11 is 1.87. The summed E-state index contributed by atoms with van der Waals surface area (Å²) in [6.07, 6.45) is 2.58. The highest BCUT2D eigenvalue weighted by Gasteiger charge is 2.31. The number of rotatable bonds is 5. The van der Waals surface area contributed by atoms with Gasteiger partial charge in [-0.25, -0.2) is 0 Å². The highest BCUT2D eigenvalue weighted by atomic mass is 32.1. The van der Waals surface area contributed by atoms with Gasteiger partial charge in [0.25, 0.3) is 0 Å². The predicted molar refractivity (Wildman–Crippen MR) is 99.8 cm³/mol. The third-order valence-corrected chi connectivity index (χ3v) is 5.81. The highest BCUT2D eigenvalue weighted by Crippen LogP contribution is 2.27. The van der Waals surface area contributed by atoms with E-state index in [0.717, 1.165) is 44.6 Å². The quantitative estimate of drug-likeness (QED) is 0.883. The van der Waals surface area contributed by atoms with Gasteiger partial charge in [-0.1, -0.05) is 18.2 Å². The first-order valence-corrected chi connectivity index (χ1v) is 9.54. The zero-order valence-electron chi connectivity index (χ0n) is 14.6. The Labute approximate surface area is 148 Å². The van der Waals surface area contributed by atoms with Gasteiger partial charge in [-0.3, -0.25) is 4.90 Å². The van der Waals surface area contributed by atoms with Crippen molar-refractivity contribution in [2.45, 2.75) is 45.3 Å². The van der Waals surface area contributed by atoms with E-state index in [4.69, 9.17) is 4.74 Å². The van der Waals surface area contributed by atoms with Gasteiger partial charge in [0.05, 0.1) is 5.60 Å². The van der Waals surface area contributed by atoms with Crippen LogP contribution < -0.4 is 4.74 Å². The lowest BCUT2D eigenvalue weighted by Crippen LogP contribution is -2.37. The minimum Gasteiger partial charge on any atom is -0.491 e. The molecule has 1 N–H and O–H groups in total. The Hall–Kier alpha value is -1.36. The number of hydrogen-bond acceptors (Lipinski definition) is 4. The number of likely N-dealkylation sites (tertiary alicyclic amines) is 1. The van der Waals surface area contributed by atoms with Crippen LogP contribution in [-0.2, 0) is 6.54 Å². The lowest BCUT2D eigenvalue weighted by atomic mass is 9.96. The third-order valence-electron chi connectivity index (χ3n) is 4.80. The molecular formula is C20H27NO2S. The van der Waals surface area contributed by atoms with E-state index < -0.39 is 5.60 Å². The van der Waals surface area contributed by atoms with Gasteiger partial charge >= 0.3 is 0 Å². The van der Waals surface area contributed by atoms with Gasteiger partial charge in [-0.15, -0.1) is 11.3 Å². The second kappa shape index (κ2) is 7.68. The Bertz CT molecular complexity index is 655. The molecule has 0 amide bonds. The Morgan fingerprint density at radius 3 is 2.67 bits per heavy atom. The molecule has 1 atom stereocenters. The average molecular weight is 346 g/mol. The third kappa shape index (κ3) is 4.59. The summed E-state index contributed by atoms with van der Waals surface area (Å²) in [4.78, 5) is 5.26. The monoisotopic (exact) mass is 345 g/mol. The van der Waals surface area contributed by atoms with Crippen molar-refractivity contribution in [2.75, 3.05) is 19.7 Å². The molecular weight excluding hydrogens is 318 g/mol. The van der Waals surface area contributed by atoms with Crippen molar-refractivity contribution in [1.29, 1.82) is 0 Å². The lowest BCUT2D eigenvalue weighted by molar-refractivity contribution is -0.0168. The standard InChI is InChI=1S/C20H27NO2S/c1-16-13-18(17(2)24-16)14-21-11-6-9-20(22,10-12-21)15-23-19-7-4-3-5-8-19/h3-5,7-8,13,22H,6,9-12,14-15H2,1-2H3. The fraction of sp³-hybridized carbons (Fsp3) is 0.500. The van der Waals surface area contributed by atoms with Gasteiger partial charge in [-0.2, -0.15) is 0 Å². The Morgan fingerprint density at radius 1 is 1.17 bits per heavy atom. The van der Waals surface area contributed by atoms with E-state index in [1.165, 1.54) is 15.3 Å². The number of thiophene rings is 1. The number of aliphatic hydroxyl groups is 1. The molecule has 0 radical (unpaired) electrons.